The molecule has 0 aliphatic carbocycles. The van der Waals surface area contributed by atoms with E-state index in [-0.39, 0.29) is 0 Å². The molecule has 0 unspecified atom stereocenters. The molecule has 0 aliphatic rings. The second kappa shape index (κ2) is 7.16. The van der Waals surface area contributed by atoms with Crippen molar-refractivity contribution < 1.29 is 0 Å². The Hall–Kier alpha value is -1.88. The number of fused-ring (bicyclic) bond motifs is 1. The zero-order valence-corrected chi connectivity index (χ0v) is 16.0. The zero-order chi connectivity index (χ0) is 17.2. The molecule has 124 valence electrons. The van der Waals surface area contributed by atoms with Crippen LogP contribution in [-0.2, 0) is 5.75 Å². The van der Waals surface area contributed by atoms with Crippen molar-refractivity contribution in [3.63, 3.8) is 0 Å². The van der Waals surface area contributed by atoms with E-state index in [1.165, 1.54) is 16.7 Å². The van der Waals surface area contributed by atoms with Crippen LogP contribution in [0.25, 0.3) is 21.3 Å². The summed E-state index contributed by atoms with van der Waals surface area (Å²) in [5, 5.41) is 5.06. The van der Waals surface area contributed by atoms with E-state index in [2.05, 4.69) is 46.5 Å². The van der Waals surface area contributed by atoms with Gasteiger partial charge in [0.15, 0.2) is 0 Å². The highest BCUT2D eigenvalue weighted by Gasteiger charge is 2.14. The molecule has 0 bridgehead atoms. The summed E-state index contributed by atoms with van der Waals surface area (Å²) < 4.78 is 0. The molecule has 0 atom stereocenters. The van der Waals surface area contributed by atoms with Crippen molar-refractivity contribution in [3.05, 3.63) is 76.4 Å². The molecule has 2 aromatic carbocycles. The number of hydrogen-bond acceptors (Lipinski definition) is 4. The van der Waals surface area contributed by atoms with Crippen LogP contribution in [0, 0.1) is 6.92 Å². The average Bonchev–Trinajstić information content (AvgIpc) is 3.06. The molecule has 2 aromatic heterocycles. The Morgan fingerprint density at radius 3 is 2.64 bits per heavy atom. The molecule has 0 spiro atoms. The molecule has 0 amide bonds. The molecule has 0 saturated carbocycles. The summed E-state index contributed by atoms with van der Waals surface area (Å²) in [5.74, 6) is 0.898. The Morgan fingerprint density at radius 2 is 1.84 bits per heavy atom. The summed E-state index contributed by atoms with van der Waals surface area (Å²) >= 11 is 9.45. The second-order valence-electron chi connectivity index (χ2n) is 5.73. The number of aromatic nitrogens is 2. The quantitative estimate of drug-likeness (QED) is 0.293. The van der Waals surface area contributed by atoms with Gasteiger partial charge in [-0.25, -0.2) is 9.97 Å². The minimum absolute atomic E-state index is 0.744. The van der Waals surface area contributed by atoms with Gasteiger partial charge in [-0.15, -0.1) is 23.1 Å². The van der Waals surface area contributed by atoms with Crippen molar-refractivity contribution >= 4 is 44.9 Å². The third-order valence-corrected chi connectivity index (χ3v) is 6.29. The van der Waals surface area contributed by atoms with Gasteiger partial charge in [-0.1, -0.05) is 48.0 Å². The lowest BCUT2D eigenvalue weighted by Crippen LogP contribution is -1.89. The van der Waals surface area contributed by atoms with Crippen LogP contribution < -0.4 is 0 Å². The first-order valence-electron chi connectivity index (χ1n) is 7.88. The SMILES string of the molecule is Cc1ccccc1CSc1ncnc2scc(-c3ccc(Cl)cc3)c12. The number of benzene rings is 2. The molecule has 4 rings (SSSR count). The predicted octanol–water partition coefficient (Wildman–Crippen LogP) is 6.61. The Bertz CT molecular complexity index is 1030. The number of hydrogen-bond donors (Lipinski definition) is 0. The first-order chi connectivity index (χ1) is 12.2. The van der Waals surface area contributed by atoms with E-state index in [1.54, 1.807) is 29.4 Å². The summed E-state index contributed by atoms with van der Waals surface area (Å²) in [6.45, 7) is 2.15. The third kappa shape index (κ3) is 3.43. The topological polar surface area (TPSA) is 25.8 Å². The zero-order valence-electron chi connectivity index (χ0n) is 13.6. The van der Waals surface area contributed by atoms with Gasteiger partial charge in [0, 0.05) is 21.7 Å². The lowest BCUT2D eigenvalue weighted by molar-refractivity contribution is 1.11. The molecule has 4 aromatic rings. The molecular weight excluding hydrogens is 368 g/mol. The van der Waals surface area contributed by atoms with Crippen LogP contribution in [0.1, 0.15) is 11.1 Å². The van der Waals surface area contributed by atoms with E-state index >= 15 is 0 Å². The normalized spacial score (nSPS) is 11.1. The molecule has 0 saturated heterocycles. The predicted molar refractivity (Wildman–Crippen MR) is 109 cm³/mol. The van der Waals surface area contributed by atoms with E-state index in [9.17, 15) is 0 Å². The minimum atomic E-state index is 0.744. The second-order valence-corrected chi connectivity index (χ2v) is 7.99. The highest BCUT2D eigenvalue weighted by molar-refractivity contribution is 7.98. The van der Waals surface area contributed by atoms with Crippen LogP contribution in [0.3, 0.4) is 0 Å². The average molecular weight is 383 g/mol. The first-order valence-corrected chi connectivity index (χ1v) is 10.1. The molecule has 0 radical (unpaired) electrons. The van der Waals surface area contributed by atoms with Gasteiger partial charge in [-0.3, -0.25) is 0 Å². The highest BCUT2D eigenvalue weighted by Crippen LogP contribution is 2.39. The minimum Gasteiger partial charge on any atom is -0.229 e. The van der Waals surface area contributed by atoms with Gasteiger partial charge in [-0.05, 0) is 35.7 Å². The molecule has 0 N–H and O–H groups in total. The molecule has 2 nitrogen and oxygen atoms in total. The van der Waals surface area contributed by atoms with Crippen LogP contribution in [0.4, 0.5) is 0 Å². The summed E-state index contributed by atoms with van der Waals surface area (Å²) in [7, 11) is 0. The van der Waals surface area contributed by atoms with E-state index in [1.807, 2.05) is 24.3 Å². The molecule has 0 fully saturated rings. The molecule has 25 heavy (non-hydrogen) atoms. The van der Waals surface area contributed by atoms with Crippen LogP contribution in [0.5, 0.6) is 0 Å². The summed E-state index contributed by atoms with van der Waals surface area (Å²) in [6, 6.07) is 16.4. The van der Waals surface area contributed by atoms with E-state index in [0.29, 0.717) is 0 Å². The van der Waals surface area contributed by atoms with Crippen molar-refractivity contribution in [2.75, 3.05) is 0 Å². The third-order valence-electron chi connectivity index (χ3n) is 4.12. The van der Waals surface area contributed by atoms with Crippen molar-refractivity contribution in [2.45, 2.75) is 17.7 Å². The smallest absolute Gasteiger partial charge is 0.128 e. The van der Waals surface area contributed by atoms with Crippen LogP contribution in [-0.4, -0.2) is 9.97 Å². The number of halogens is 1. The maximum absolute atomic E-state index is 6.03. The first kappa shape index (κ1) is 16.6. The van der Waals surface area contributed by atoms with Gasteiger partial charge in [0.05, 0.1) is 5.39 Å². The van der Waals surface area contributed by atoms with Crippen molar-refractivity contribution in [2.24, 2.45) is 0 Å². The largest absolute Gasteiger partial charge is 0.229 e. The van der Waals surface area contributed by atoms with Gasteiger partial charge in [-0.2, -0.15) is 0 Å². The Labute approximate surface area is 159 Å². The van der Waals surface area contributed by atoms with Gasteiger partial charge in [0.25, 0.3) is 0 Å². The molecule has 2 heterocycles. The van der Waals surface area contributed by atoms with Crippen molar-refractivity contribution in [1.82, 2.24) is 9.97 Å². The van der Waals surface area contributed by atoms with E-state index in [4.69, 9.17) is 11.6 Å². The van der Waals surface area contributed by atoms with Crippen LogP contribution in [0.15, 0.2) is 65.3 Å². The number of rotatable bonds is 4. The summed E-state index contributed by atoms with van der Waals surface area (Å²) in [5.41, 5.74) is 4.96. The Kier molecular flexibility index (Phi) is 4.75. The van der Waals surface area contributed by atoms with Gasteiger partial charge >= 0.3 is 0 Å². The monoisotopic (exact) mass is 382 g/mol. The van der Waals surface area contributed by atoms with E-state index in [0.717, 1.165) is 31.6 Å². The van der Waals surface area contributed by atoms with Gasteiger partial charge in [0.1, 0.15) is 16.2 Å². The van der Waals surface area contributed by atoms with Gasteiger partial charge in [0.2, 0.25) is 0 Å². The lowest BCUT2D eigenvalue weighted by atomic mass is 10.1. The fourth-order valence-corrected chi connectivity index (χ4v) is 4.91. The standard InChI is InChI=1S/C20H15ClN2S2/c1-13-4-2-3-5-15(13)10-24-19-18-17(11-25-20(18)23-12-22-19)14-6-8-16(21)9-7-14/h2-9,11-12H,10H2,1H3. The Morgan fingerprint density at radius 1 is 1.04 bits per heavy atom. The molecule has 5 heteroatoms. The van der Waals surface area contributed by atoms with Crippen LogP contribution in [0.2, 0.25) is 5.02 Å². The number of nitrogens with zero attached hydrogens (tertiary/aromatic N) is 2. The fraction of sp³-hybridized carbons (Fsp3) is 0.100. The highest BCUT2D eigenvalue weighted by atomic mass is 35.5. The summed E-state index contributed by atoms with van der Waals surface area (Å²) in [6.07, 6.45) is 1.66. The van der Waals surface area contributed by atoms with Crippen molar-refractivity contribution in [3.8, 4) is 11.1 Å². The maximum Gasteiger partial charge on any atom is 0.128 e. The van der Waals surface area contributed by atoms with Gasteiger partial charge < -0.3 is 0 Å². The number of thiophene rings is 1. The van der Waals surface area contributed by atoms with E-state index < -0.39 is 0 Å². The number of aryl methyl sites for hydroxylation is 1. The Balaban J connectivity index is 1.73. The lowest BCUT2D eigenvalue weighted by Gasteiger charge is -2.07. The van der Waals surface area contributed by atoms with Crippen molar-refractivity contribution in [1.29, 1.82) is 0 Å². The summed E-state index contributed by atoms with van der Waals surface area (Å²) in [4.78, 5) is 10.0. The fourth-order valence-electron chi connectivity index (χ4n) is 2.72. The molecule has 0 aliphatic heterocycles. The molecular formula is C20H15ClN2S2. The van der Waals surface area contributed by atoms with Crippen LogP contribution >= 0.6 is 34.7 Å². The number of thioether (sulfide) groups is 1. The maximum atomic E-state index is 6.03.